The van der Waals surface area contributed by atoms with Gasteiger partial charge in [0.1, 0.15) is 0 Å². The number of rotatable bonds is 0. The zero-order chi connectivity index (χ0) is 10.8. The van der Waals surface area contributed by atoms with Gasteiger partial charge < -0.3 is 0 Å². The molecule has 1 spiro atoms. The number of nitrogens with zero attached hydrogens (tertiary/aromatic N) is 4. The fourth-order valence-corrected chi connectivity index (χ4v) is 10.1. The first-order valence-electron chi connectivity index (χ1n) is 6.50. The molecule has 0 aromatic rings. The molecule has 6 heteroatoms. The maximum absolute atomic E-state index is 16.3. The Morgan fingerprint density at radius 3 is 1.31 bits per heavy atom. The molecule has 4 rings (SSSR count). The Bertz CT molecular complexity index is 313. The Labute approximate surface area is 96.2 Å². The minimum atomic E-state index is -3.42. The van der Waals surface area contributed by atoms with Crippen LogP contribution in [0.4, 0.5) is 4.20 Å². The van der Waals surface area contributed by atoms with Crippen LogP contribution in [-0.4, -0.2) is 71.0 Å². The van der Waals surface area contributed by atoms with Crippen molar-refractivity contribution in [2.24, 2.45) is 0 Å². The van der Waals surface area contributed by atoms with Crippen molar-refractivity contribution in [3.05, 3.63) is 0 Å². The number of hydrogen-bond donors (Lipinski definition) is 0. The average molecular weight is 246 g/mol. The molecule has 4 fully saturated rings. The average Bonchev–Trinajstić information content (AvgIpc) is 2.74. The molecule has 0 unspecified atom stereocenters. The third-order valence-electron chi connectivity index (χ3n) is 4.84. The first-order valence-corrected chi connectivity index (χ1v) is 8.44. The summed E-state index contributed by atoms with van der Waals surface area (Å²) in [7, 11) is -3.42. The van der Waals surface area contributed by atoms with Gasteiger partial charge in [0, 0.05) is 0 Å². The van der Waals surface area contributed by atoms with Gasteiger partial charge >= 0.3 is 95.6 Å². The molecule has 0 aromatic heterocycles. The second-order valence-corrected chi connectivity index (χ2v) is 9.30. The third kappa shape index (κ3) is 0.842. The molecular formula is C10H20FN4P. The molecule has 0 amide bonds. The quantitative estimate of drug-likeness (QED) is 0.594. The van der Waals surface area contributed by atoms with E-state index in [2.05, 4.69) is 18.7 Å². The second kappa shape index (κ2) is 2.96. The van der Waals surface area contributed by atoms with E-state index < -0.39 is 7.52 Å². The summed E-state index contributed by atoms with van der Waals surface area (Å²) in [5.41, 5.74) is 0. The van der Waals surface area contributed by atoms with Gasteiger partial charge in [-0.1, -0.05) is 0 Å². The van der Waals surface area contributed by atoms with E-state index in [1.807, 2.05) is 0 Å². The number of halogens is 1. The monoisotopic (exact) mass is 246 g/mol. The van der Waals surface area contributed by atoms with Crippen LogP contribution in [0.25, 0.3) is 0 Å². The Hall–Kier alpha value is 0.200. The van der Waals surface area contributed by atoms with Crippen LogP contribution in [0.2, 0.25) is 0 Å². The van der Waals surface area contributed by atoms with Crippen molar-refractivity contribution in [2.75, 3.05) is 52.4 Å². The molecule has 4 heterocycles. The summed E-state index contributed by atoms with van der Waals surface area (Å²) in [4.78, 5) is 0. The first-order chi connectivity index (χ1) is 7.75. The van der Waals surface area contributed by atoms with E-state index in [9.17, 15) is 0 Å². The summed E-state index contributed by atoms with van der Waals surface area (Å²) in [6, 6.07) is 0. The van der Waals surface area contributed by atoms with Crippen molar-refractivity contribution in [1.82, 2.24) is 18.7 Å². The normalized spacial score (nSPS) is 41.2. The Morgan fingerprint density at radius 1 is 0.562 bits per heavy atom. The first kappa shape index (κ1) is 10.2. The molecule has 0 bridgehead atoms. The zero-order valence-corrected chi connectivity index (χ0v) is 10.6. The van der Waals surface area contributed by atoms with Crippen LogP contribution in [0.5, 0.6) is 0 Å². The van der Waals surface area contributed by atoms with Gasteiger partial charge in [-0.05, 0) is 0 Å². The van der Waals surface area contributed by atoms with Gasteiger partial charge in [-0.25, -0.2) is 0 Å². The topological polar surface area (TPSA) is 13.0 Å². The Balaban J connectivity index is 1.90. The van der Waals surface area contributed by atoms with Crippen LogP contribution in [0, 0.1) is 0 Å². The van der Waals surface area contributed by atoms with Crippen LogP contribution < -0.4 is 0 Å². The molecular weight excluding hydrogens is 226 g/mol. The van der Waals surface area contributed by atoms with E-state index in [1.54, 1.807) is 0 Å². The fourth-order valence-electron chi connectivity index (χ4n) is 4.23. The van der Waals surface area contributed by atoms with E-state index in [4.69, 9.17) is 0 Å². The van der Waals surface area contributed by atoms with Gasteiger partial charge in [0.2, 0.25) is 0 Å². The van der Waals surface area contributed by atoms with Crippen LogP contribution in [0.15, 0.2) is 0 Å². The second-order valence-electron chi connectivity index (χ2n) is 5.36. The van der Waals surface area contributed by atoms with Crippen LogP contribution in [0.1, 0.15) is 12.8 Å². The van der Waals surface area contributed by atoms with Crippen molar-refractivity contribution >= 4 is 7.52 Å². The van der Waals surface area contributed by atoms with Gasteiger partial charge in [-0.15, -0.1) is 0 Å². The predicted molar refractivity (Wildman–Crippen MR) is 63.6 cm³/mol. The maximum atomic E-state index is 16.3. The third-order valence-corrected chi connectivity index (χ3v) is 10.3. The minimum absolute atomic E-state index is 0.946. The summed E-state index contributed by atoms with van der Waals surface area (Å²) in [5, 5.41) is 0. The molecule has 16 heavy (non-hydrogen) atoms. The van der Waals surface area contributed by atoms with Gasteiger partial charge in [0.15, 0.2) is 0 Å². The fraction of sp³-hybridized carbons (Fsp3) is 1.00. The van der Waals surface area contributed by atoms with Gasteiger partial charge in [0.25, 0.3) is 0 Å². The van der Waals surface area contributed by atoms with E-state index in [-0.39, 0.29) is 0 Å². The van der Waals surface area contributed by atoms with Gasteiger partial charge in [-0.2, -0.15) is 0 Å². The van der Waals surface area contributed by atoms with Crippen molar-refractivity contribution in [3.8, 4) is 0 Å². The molecule has 4 saturated heterocycles. The van der Waals surface area contributed by atoms with Gasteiger partial charge in [-0.3, -0.25) is 0 Å². The van der Waals surface area contributed by atoms with E-state index in [0.717, 1.165) is 65.2 Å². The zero-order valence-electron chi connectivity index (χ0n) is 9.69. The van der Waals surface area contributed by atoms with Crippen LogP contribution in [0.3, 0.4) is 0 Å². The summed E-state index contributed by atoms with van der Waals surface area (Å²) in [6.07, 6.45) is 2.28. The van der Waals surface area contributed by atoms with E-state index >= 15 is 4.20 Å². The summed E-state index contributed by atoms with van der Waals surface area (Å²) >= 11 is 0. The van der Waals surface area contributed by atoms with E-state index in [0.29, 0.717) is 0 Å². The van der Waals surface area contributed by atoms with Crippen molar-refractivity contribution < 1.29 is 4.20 Å². The summed E-state index contributed by atoms with van der Waals surface area (Å²) in [5.74, 6) is 0. The Kier molecular flexibility index (Phi) is 1.88. The molecule has 4 aliphatic rings. The van der Waals surface area contributed by atoms with E-state index in [1.165, 1.54) is 0 Å². The molecule has 4 aliphatic heterocycles. The molecule has 4 nitrogen and oxygen atoms in total. The molecule has 0 aliphatic carbocycles. The van der Waals surface area contributed by atoms with Crippen molar-refractivity contribution in [1.29, 1.82) is 0 Å². The Morgan fingerprint density at radius 2 is 0.875 bits per heavy atom. The molecule has 0 aromatic carbocycles. The molecule has 0 radical (unpaired) electrons. The molecule has 0 atom stereocenters. The van der Waals surface area contributed by atoms with Crippen molar-refractivity contribution in [3.63, 3.8) is 0 Å². The van der Waals surface area contributed by atoms with Crippen molar-refractivity contribution in [2.45, 2.75) is 12.8 Å². The summed E-state index contributed by atoms with van der Waals surface area (Å²) < 4.78 is 25.1. The molecule has 0 N–H and O–H groups in total. The number of hydrogen-bond acceptors (Lipinski definition) is 4. The molecule has 0 saturated carbocycles. The van der Waals surface area contributed by atoms with Crippen LogP contribution >= 0.6 is 7.52 Å². The SMILES string of the molecule is FP123N4CCCN1CCN2CCN3CCC4. The van der Waals surface area contributed by atoms with Gasteiger partial charge in [0.05, 0.1) is 0 Å². The predicted octanol–water partition coefficient (Wildman–Crippen LogP) is 1.13. The van der Waals surface area contributed by atoms with Crippen LogP contribution in [-0.2, 0) is 0 Å². The molecule has 92 valence electrons. The summed E-state index contributed by atoms with van der Waals surface area (Å²) in [6.45, 7) is 7.66. The standard InChI is InChI=1S/C10H20FN4P/c11-16-12-3-1-5-13(16)7-9-15(16)10-8-14(16)6-2-4-12/h1-10H2.